The van der Waals surface area contributed by atoms with E-state index in [2.05, 4.69) is 10.3 Å². The molecular weight excluding hydrogens is 355 g/mol. The lowest BCUT2D eigenvalue weighted by Crippen LogP contribution is -2.26. The fraction of sp³-hybridized carbons (Fsp3) is 0.200. The largest absolute Gasteiger partial charge is 0.441 e. The highest BCUT2D eigenvalue weighted by Gasteiger charge is 2.12. The summed E-state index contributed by atoms with van der Waals surface area (Å²) < 4.78 is 18.6. The third-order valence-corrected chi connectivity index (χ3v) is 4.25. The zero-order valence-electron chi connectivity index (χ0n) is 14.2. The number of carbonyl (C=O) groups excluding carboxylic acids is 1. The van der Waals surface area contributed by atoms with Crippen LogP contribution in [0.4, 0.5) is 4.39 Å². The summed E-state index contributed by atoms with van der Waals surface area (Å²) in [5.74, 6) is 0.719. The minimum Gasteiger partial charge on any atom is -0.441 e. The van der Waals surface area contributed by atoms with Gasteiger partial charge in [0.1, 0.15) is 5.82 Å². The van der Waals surface area contributed by atoms with Crippen molar-refractivity contribution in [1.29, 1.82) is 0 Å². The average Bonchev–Trinajstić information content (AvgIpc) is 3.10. The number of hydrogen-bond acceptors (Lipinski definition) is 3. The topological polar surface area (TPSA) is 55.1 Å². The van der Waals surface area contributed by atoms with Gasteiger partial charge in [-0.3, -0.25) is 4.79 Å². The first-order valence-electron chi connectivity index (χ1n) is 8.27. The highest BCUT2D eigenvalue weighted by Crippen LogP contribution is 2.22. The summed E-state index contributed by atoms with van der Waals surface area (Å²) in [5.41, 5.74) is 1.73. The van der Waals surface area contributed by atoms with Gasteiger partial charge in [0.15, 0.2) is 11.7 Å². The van der Waals surface area contributed by atoms with E-state index in [1.807, 2.05) is 19.1 Å². The van der Waals surface area contributed by atoms with Gasteiger partial charge >= 0.3 is 0 Å². The van der Waals surface area contributed by atoms with Gasteiger partial charge in [-0.2, -0.15) is 0 Å². The maximum Gasteiger partial charge on any atom is 0.220 e. The second-order valence-electron chi connectivity index (χ2n) is 5.97. The molecule has 2 aromatic carbocycles. The molecule has 1 heterocycles. The van der Waals surface area contributed by atoms with Crippen LogP contribution in [0.25, 0.3) is 11.3 Å². The molecule has 1 N–H and O–H groups in total. The number of amides is 1. The van der Waals surface area contributed by atoms with Crippen LogP contribution in [0.5, 0.6) is 0 Å². The van der Waals surface area contributed by atoms with Gasteiger partial charge in [0.2, 0.25) is 5.91 Å². The molecule has 6 heteroatoms. The quantitative estimate of drug-likeness (QED) is 0.666. The standard InChI is InChI=1S/C20H18ClFN2O2/c1-13(14-4-8-17(22)9-5-14)24-19(25)10-11-20-23-12-18(26-20)15-2-6-16(21)7-3-15/h2-9,12-13H,10-11H2,1H3,(H,24,25)/t13-/m1/s1. The molecule has 1 amide bonds. The van der Waals surface area contributed by atoms with Crippen molar-refractivity contribution < 1.29 is 13.6 Å². The van der Waals surface area contributed by atoms with Crippen LogP contribution in [0, 0.1) is 5.82 Å². The Morgan fingerprint density at radius 1 is 1.19 bits per heavy atom. The van der Waals surface area contributed by atoms with Gasteiger partial charge in [0.25, 0.3) is 0 Å². The number of benzene rings is 2. The van der Waals surface area contributed by atoms with E-state index >= 15 is 0 Å². The Hall–Kier alpha value is -2.66. The van der Waals surface area contributed by atoms with Gasteiger partial charge in [0.05, 0.1) is 12.2 Å². The molecule has 0 spiro atoms. The zero-order chi connectivity index (χ0) is 18.5. The van der Waals surface area contributed by atoms with Gasteiger partial charge in [-0.05, 0) is 48.9 Å². The molecule has 0 bridgehead atoms. The summed E-state index contributed by atoms with van der Waals surface area (Å²) in [6, 6.07) is 13.1. The summed E-state index contributed by atoms with van der Waals surface area (Å²) in [6.45, 7) is 1.86. The van der Waals surface area contributed by atoms with E-state index in [-0.39, 0.29) is 24.2 Å². The Morgan fingerprint density at radius 3 is 2.58 bits per heavy atom. The van der Waals surface area contributed by atoms with Crippen LogP contribution in [0.1, 0.15) is 30.8 Å². The van der Waals surface area contributed by atoms with Crippen molar-refractivity contribution in [3.8, 4) is 11.3 Å². The average molecular weight is 373 g/mol. The molecule has 0 fully saturated rings. The first-order valence-corrected chi connectivity index (χ1v) is 8.64. The molecule has 0 saturated carbocycles. The van der Waals surface area contributed by atoms with Crippen LogP contribution in [0.15, 0.2) is 59.1 Å². The Balaban J connectivity index is 1.53. The van der Waals surface area contributed by atoms with Crippen LogP contribution >= 0.6 is 11.6 Å². The zero-order valence-corrected chi connectivity index (χ0v) is 15.0. The van der Waals surface area contributed by atoms with Crippen LogP contribution in [-0.4, -0.2) is 10.9 Å². The van der Waals surface area contributed by atoms with Crippen LogP contribution in [0.2, 0.25) is 5.02 Å². The van der Waals surface area contributed by atoms with Crippen molar-refractivity contribution in [1.82, 2.24) is 10.3 Å². The second kappa shape index (κ2) is 8.15. The number of halogens is 2. The minimum absolute atomic E-state index is 0.118. The molecule has 26 heavy (non-hydrogen) atoms. The van der Waals surface area contributed by atoms with E-state index in [0.29, 0.717) is 23.1 Å². The lowest BCUT2D eigenvalue weighted by atomic mass is 10.1. The van der Waals surface area contributed by atoms with Gasteiger partial charge in [0, 0.05) is 23.4 Å². The molecule has 1 atom stereocenters. The van der Waals surface area contributed by atoms with Gasteiger partial charge in [-0.1, -0.05) is 23.7 Å². The van der Waals surface area contributed by atoms with Crippen LogP contribution in [-0.2, 0) is 11.2 Å². The number of rotatable bonds is 6. The van der Waals surface area contributed by atoms with Gasteiger partial charge in [-0.15, -0.1) is 0 Å². The number of nitrogens with zero attached hydrogens (tertiary/aromatic N) is 1. The summed E-state index contributed by atoms with van der Waals surface area (Å²) in [7, 11) is 0. The molecule has 0 saturated heterocycles. The van der Waals surface area contributed by atoms with Crippen molar-refractivity contribution in [2.24, 2.45) is 0 Å². The van der Waals surface area contributed by atoms with E-state index in [0.717, 1.165) is 11.1 Å². The Kier molecular flexibility index (Phi) is 5.68. The molecule has 3 aromatic rings. The molecule has 0 aliphatic carbocycles. The predicted molar refractivity (Wildman–Crippen MR) is 98.2 cm³/mol. The Morgan fingerprint density at radius 2 is 1.88 bits per heavy atom. The first-order chi connectivity index (χ1) is 12.5. The molecular formula is C20H18ClFN2O2. The number of oxazole rings is 1. The molecule has 1 aromatic heterocycles. The summed E-state index contributed by atoms with van der Waals surface area (Å²) >= 11 is 5.87. The van der Waals surface area contributed by atoms with Crippen molar-refractivity contribution in [3.63, 3.8) is 0 Å². The maximum absolute atomic E-state index is 13.0. The first kappa shape index (κ1) is 18.1. The number of hydrogen-bond donors (Lipinski definition) is 1. The van der Waals surface area contributed by atoms with E-state index in [1.54, 1.807) is 30.5 Å². The SMILES string of the molecule is C[C@@H](NC(=O)CCc1ncc(-c2ccc(Cl)cc2)o1)c1ccc(F)cc1. The fourth-order valence-electron chi connectivity index (χ4n) is 2.54. The molecule has 4 nitrogen and oxygen atoms in total. The molecule has 3 rings (SSSR count). The Labute approximate surface area is 156 Å². The van der Waals surface area contributed by atoms with Crippen molar-refractivity contribution >= 4 is 17.5 Å². The lowest BCUT2D eigenvalue weighted by molar-refractivity contribution is -0.121. The van der Waals surface area contributed by atoms with Crippen molar-refractivity contribution in [2.75, 3.05) is 0 Å². The highest BCUT2D eigenvalue weighted by atomic mass is 35.5. The van der Waals surface area contributed by atoms with E-state index < -0.39 is 0 Å². The fourth-order valence-corrected chi connectivity index (χ4v) is 2.67. The normalized spacial score (nSPS) is 12.0. The predicted octanol–water partition coefficient (Wildman–Crippen LogP) is 4.94. The third-order valence-electron chi connectivity index (χ3n) is 4.00. The number of carbonyl (C=O) groups is 1. The molecule has 134 valence electrons. The van der Waals surface area contributed by atoms with Gasteiger partial charge in [-0.25, -0.2) is 9.37 Å². The molecule has 0 radical (unpaired) electrons. The minimum atomic E-state index is -0.298. The molecule has 0 unspecified atom stereocenters. The monoisotopic (exact) mass is 372 g/mol. The molecule has 0 aliphatic rings. The number of nitrogens with one attached hydrogen (secondary N) is 1. The summed E-state index contributed by atoms with van der Waals surface area (Å²) in [4.78, 5) is 16.3. The molecule has 0 aliphatic heterocycles. The highest BCUT2D eigenvalue weighted by molar-refractivity contribution is 6.30. The van der Waals surface area contributed by atoms with Crippen LogP contribution < -0.4 is 5.32 Å². The smallest absolute Gasteiger partial charge is 0.220 e. The maximum atomic E-state index is 13.0. The number of aromatic nitrogens is 1. The van der Waals surface area contributed by atoms with E-state index in [4.69, 9.17) is 16.0 Å². The third kappa shape index (κ3) is 4.70. The second-order valence-corrected chi connectivity index (χ2v) is 6.40. The number of aryl methyl sites for hydroxylation is 1. The Bertz CT molecular complexity index is 876. The summed E-state index contributed by atoms with van der Waals surface area (Å²) in [5, 5.41) is 3.54. The van der Waals surface area contributed by atoms with Gasteiger partial charge < -0.3 is 9.73 Å². The summed E-state index contributed by atoms with van der Waals surface area (Å²) in [6.07, 6.45) is 2.29. The lowest BCUT2D eigenvalue weighted by Gasteiger charge is -2.14. The van der Waals surface area contributed by atoms with E-state index in [1.165, 1.54) is 12.1 Å². The van der Waals surface area contributed by atoms with Crippen molar-refractivity contribution in [2.45, 2.75) is 25.8 Å². The van der Waals surface area contributed by atoms with Crippen molar-refractivity contribution in [3.05, 3.63) is 77.0 Å². The van der Waals surface area contributed by atoms with Crippen LogP contribution in [0.3, 0.4) is 0 Å². The van der Waals surface area contributed by atoms with E-state index in [9.17, 15) is 9.18 Å².